The van der Waals surface area contributed by atoms with E-state index in [0.29, 0.717) is 5.69 Å². The molecule has 0 unspecified atom stereocenters. The van der Waals surface area contributed by atoms with Crippen molar-refractivity contribution in [1.82, 2.24) is 0 Å². The van der Waals surface area contributed by atoms with E-state index in [0.717, 1.165) is 32.4 Å². The first kappa shape index (κ1) is 10.9. The minimum atomic E-state index is -0.493. The molecule has 1 aliphatic rings. The first-order valence-electron chi connectivity index (χ1n) is 5.37. The van der Waals surface area contributed by atoms with Crippen molar-refractivity contribution in [2.45, 2.75) is 19.3 Å². The summed E-state index contributed by atoms with van der Waals surface area (Å²) in [5, 5.41) is 10.6. The highest BCUT2D eigenvalue weighted by Gasteiger charge is 2.18. The van der Waals surface area contributed by atoms with E-state index in [-0.39, 0.29) is 11.5 Å². The van der Waals surface area contributed by atoms with Crippen molar-refractivity contribution in [2.24, 2.45) is 0 Å². The molecule has 0 aromatic heterocycles. The van der Waals surface area contributed by atoms with Gasteiger partial charge in [0.05, 0.1) is 10.6 Å². The summed E-state index contributed by atoms with van der Waals surface area (Å²) < 4.78 is 13.6. The molecule has 0 spiro atoms. The molecule has 0 bridgehead atoms. The van der Waals surface area contributed by atoms with Gasteiger partial charge in [0.15, 0.2) is 0 Å². The number of hydrogen-bond donors (Lipinski definition) is 0. The highest BCUT2D eigenvalue weighted by Crippen LogP contribution is 2.27. The number of hydrogen-bond acceptors (Lipinski definition) is 3. The van der Waals surface area contributed by atoms with Gasteiger partial charge in [-0.15, -0.1) is 0 Å². The molecule has 16 heavy (non-hydrogen) atoms. The normalized spacial score (nSPS) is 16.2. The standard InChI is InChI=1S/C11H13FN2O2/c12-10-5-4-9(14(15)16)8-11(10)13-6-2-1-3-7-13/h4-5,8H,1-3,6-7H2. The van der Waals surface area contributed by atoms with Crippen LogP contribution in [0.4, 0.5) is 15.8 Å². The fraction of sp³-hybridized carbons (Fsp3) is 0.455. The lowest BCUT2D eigenvalue weighted by Crippen LogP contribution is -2.30. The third kappa shape index (κ3) is 2.13. The maximum absolute atomic E-state index is 13.6. The number of nitrogens with zero attached hydrogens (tertiary/aromatic N) is 2. The highest BCUT2D eigenvalue weighted by molar-refractivity contribution is 5.54. The average molecular weight is 224 g/mol. The molecule has 0 N–H and O–H groups in total. The predicted octanol–water partition coefficient (Wildman–Crippen LogP) is 2.72. The van der Waals surface area contributed by atoms with E-state index in [1.54, 1.807) is 0 Å². The van der Waals surface area contributed by atoms with Crippen molar-refractivity contribution in [3.63, 3.8) is 0 Å². The number of anilines is 1. The largest absolute Gasteiger partial charge is 0.369 e. The topological polar surface area (TPSA) is 46.4 Å². The van der Waals surface area contributed by atoms with Crippen molar-refractivity contribution in [3.05, 3.63) is 34.1 Å². The van der Waals surface area contributed by atoms with Crippen molar-refractivity contribution in [1.29, 1.82) is 0 Å². The Labute approximate surface area is 92.8 Å². The first-order valence-corrected chi connectivity index (χ1v) is 5.37. The number of halogens is 1. The number of benzene rings is 1. The summed E-state index contributed by atoms with van der Waals surface area (Å²) in [5.41, 5.74) is 0.302. The van der Waals surface area contributed by atoms with Crippen LogP contribution in [0.1, 0.15) is 19.3 Å². The van der Waals surface area contributed by atoms with Gasteiger partial charge in [0.2, 0.25) is 0 Å². The van der Waals surface area contributed by atoms with Gasteiger partial charge >= 0.3 is 0 Å². The van der Waals surface area contributed by atoms with Crippen LogP contribution in [0.5, 0.6) is 0 Å². The second-order valence-electron chi connectivity index (χ2n) is 3.94. The molecule has 1 fully saturated rings. The molecule has 1 aromatic rings. The number of nitro benzene ring substituents is 1. The number of piperidine rings is 1. The maximum atomic E-state index is 13.6. The third-order valence-corrected chi connectivity index (χ3v) is 2.84. The van der Waals surface area contributed by atoms with Crippen LogP contribution < -0.4 is 4.90 Å². The average Bonchev–Trinajstić information content (AvgIpc) is 2.30. The molecular formula is C11H13FN2O2. The monoisotopic (exact) mass is 224 g/mol. The second kappa shape index (κ2) is 4.47. The Kier molecular flexibility index (Phi) is 3.03. The van der Waals surface area contributed by atoms with Gasteiger partial charge in [0.25, 0.3) is 5.69 Å². The Bertz CT molecular complexity index is 403. The lowest BCUT2D eigenvalue weighted by Gasteiger charge is -2.28. The minimum absolute atomic E-state index is 0.0537. The Hall–Kier alpha value is -1.65. The van der Waals surface area contributed by atoms with Gasteiger partial charge in [-0.05, 0) is 25.3 Å². The first-order chi connectivity index (χ1) is 7.68. The quantitative estimate of drug-likeness (QED) is 0.573. The molecule has 0 radical (unpaired) electrons. The Morgan fingerprint density at radius 3 is 2.56 bits per heavy atom. The van der Waals surface area contributed by atoms with E-state index >= 15 is 0 Å². The van der Waals surface area contributed by atoms with Crippen LogP contribution in [0, 0.1) is 15.9 Å². The SMILES string of the molecule is O=[N+]([O-])c1ccc(F)c(N2CCCCC2)c1. The van der Waals surface area contributed by atoms with Gasteiger partial charge in [0, 0.05) is 25.2 Å². The minimum Gasteiger partial charge on any atom is -0.369 e. The van der Waals surface area contributed by atoms with Crippen LogP contribution in [0.2, 0.25) is 0 Å². The van der Waals surface area contributed by atoms with E-state index in [1.807, 2.05) is 4.90 Å². The molecule has 0 atom stereocenters. The molecule has 1 aliphatic heterocycles. The van der Waals surface area contributed by atoms with Gasteiger partial charge in [-0.2, -0.15) is 0 Å². The van der Waals surface area contributed by atoms with E-state index < -0.39 is 4.92 Å². The van der Waals surface area contributed by atoms with Crippen molar-refractivity contribution in [2.75, 3.05) is 18.0 Å². The van der Waals surface area contributed by atoms with Crippen LogP contribution in [-0.4, -0.2) is 18.0 Å². The lowest BCUT2D eigenvalue weighted by molar-refractivity contribution is -0.384. The summed E-state index contributed by atoms with van der Waals surface area (Å²) in [7, 11) is 0. The summed E-state index contributed by atoms with van der Waals surface area (Å²) in [5.74, 6) is -0.382. The van der Waals surface area contributed by atoms with Crippen molar-refractivity contribution < 1.29 is 9.31 Å². The Balaban J connectivity index is 2.30. The molecular weight excluding hydrogens is 211 g/mol. The van der Waals surface area contributed by atoms with Gasteiger partial charge in [0.1, 0.15) is 5.82 Å². The second-order valence-corrected chi connectivity index (χ2v) is 3.94. The summed E-state index contributed by atoms with van der Waals surface area (Å²) in [6.07, 6.45) is 3.18. The summed E-state index contributed by atoms with van der Waals surface area (Å²) in [6, 6.07) is 3.69. The fourth-order valence-corrected chi connectivity index (χ4v) is 1.99. The van der Waals surface area contributed by atoms with E-state index in [2.05, 4.69) is 0 Å². The molecule has 2 rings (SSSR count). The van der Waals surface area contributed by atoms with Crippen LogP contribution in [0.25, 0.3) is 0 Å². The molecule has 1 saturated heterocycles. The van der Waals surface area contributed by atoms with E-state index in [1.165, 1.54) is 18.2 Å². The van der Waals surface area contributed by atoms with Gasteiger partial charge in [-0.25, -0.2) is 4.39 Å². The molecule has 86 valence electrons. The van der Waals surface area contributed by atoms with Crippen LogP contribution in [0.3, 0.4) is 0 Å². The third-order valence-electron chi connectivity index (χ3n) is 2.84. The highest BCUT2D eigenvalue weighted by atomic mass is 19.1. The molecule has 0 saturated carbocycles. The molecule has 0 amide bonds. The molecule has 0 aliphatic carbocycles. The molecule has 1 heterocycles. The predicted molar refractivity (Wildman–Crippen MR) is 59.1 cm³/mol. The number of non-ortho nitro benzene ring substituents is 1. The Morgan fingerprint density at radius 2 is 1.94 bits per heavy atom. The maximum Gasteiger partial charge on any atom is 0.271 e. The van der Waals surface area contributed by atoms with Crippen molar-refractivity contribution >= 4 is 11.4 Å². The van der Waals surface area contributed by atoms with Crippen LogP contribution >= 0.6 is 0 Å². The zero-order chi connectivity index (χ0) is 11.5. The lowest BCUT2D eigenvalue weighted by atomic mass is 10.1. The number of rotatable bonds is 2. The summed E-state index contributed by atoms with van der Waals surface area (Å²) >= 11 is 0. The van der Waals surface area contributed by atoms with Gasteiger partial charge in [-0.3, -0.25) is 10.1 Å². The smallest absolute Gasteiger partial charge is 0.271 e. The van der Waals surface area contributed by atoms with E-state index in [9.17, 15) is 14.5 Å². The summed E-state index contributed by atoms with van der Waals surface area (Å²) in [6.45, 7) is 1.55. The van der Waals surface area contributed by atoms with E-state index in [4.69, 9.17) is 0 Å². The van der Waals surface area contributed by atoms with Gasteiger partial charge < -0.3 is 4.90 Å². The zero-order valence-corrected chi connectivity index (χ0v) is 8.86. The number of nitro groups is 1. The molecule has 1 aromatic carbocycles. The molecule has 5 heteroatoms. The van der Waals surface area contributed by atoms with Crippen molar-refractivity contribution in [3.8, 4) is 0 Å². The van der Waals surface area contributed by atoms with Gasteiger partial charge in [-0.1, -0.05) is 0 Å². The summed E-state index contributed by atoms with van der Waals surface area (Å²) in [4.78, 5) is 12.0. The fourth-order valence-electron chi connectivity index (χ4n) is 1.99. The van der Waals surface area contributed by atoms with Crippen LogP contribution in [0.15, 0.2) is 18.2 Å². The Morgan fingerprint density at radius 1 is 1.25 bits per heavy atom. The zero-order valence-electron chi connectivity index (χ0n) is 8.86. The van der Waals surface area contributed by atoms with Crippen LogP contribution in [-0.2, 0) is 0 Å². The molecule has 4 nitrogen and oxygen atoms in total.